The predicted octanol–water partition coefficient (Wildman–Crippen LogP) is 6.97. The Balaban J connectivity index is 1.35. The lowest BCUT2D eigenvalue weighted by molar-refractivity contribution is -0.142. The van der Waals surface area contributed by atoms with Gasteiger partial charge in [-0.25, -0.2) is 0 Å². The number of anilines is 1. The van der Waals surface area contributed by atoms with Gasteiger partial charge in [-0.15, -0.1) is 0 Å². The molecule has 198 valence electrons. The Bertz CT molecular complexity index is 1390. The number of carbonyl (C=O) groups is 2. The molecule has 0 aliphatic heterocycles. The van der Waals surface area contributed by atoms with Crippen LogP contribution >= 0.6 is 0 Å². The van der Waals surface area contributed by atoms with E-state index in [1.165, 1.54) is 0 Å². The SMILES string of the molecule is Cc1ccc(C(=O)Nc2ccc(C(CC(Cc3ccc(OCc4ccccc4)cc3)C(=O)O)N=O)cc2)cc1. The molecule has 0 heterocycles. The molecule has 0 radical (unpaired) electrons. The summed E-state index contributed by atoms with van der Waals surface area (Å²) in [5.41, 5.74) is 4.65. The number of amides is 1. The molecule has 39 heavy (non-hydrogen) atoms. The van der Waals surface area contributed by atoms with E-state index in [2.05, 4.69) is 10.5 Å². The molecule has 7 nitrogen and oxygen atoms in total. The van der Waals surface area contributed by atoms with Gasteiger partial charge in [-0.1, -0.05) is 77.5 Å². The van der Waals surface area contributed by atoms with Gasteiger partial charge in [0.2, 0.25) is 0 Å². The first kappa shape index (κ1) is 27.3. The Hall–Kier alpha value is -4.78. The van der Waals surface area contributed by atoms with Gasteiger partial charge in [0.1, 0.15) is 18.4 Å². The minimum atomic E-state index is -0.991. The Morgan fingerprint density at radius 1 is 0.846 bits per heavy atom. The molecule has 4 rings (SSSR count). The highest BCUT2D eigenvalue weighted by Crippen LogP contribution is 2.29. The molecule has 0 saturated carbocycles. The van der Waals surface area contributed by atoms with Gasteiger partial charge in [0, 0.05) is 11.3 Å². The third-order valence-electron chi connectivity index (χ3n) is 6.51. The van der Waals surface area contributed by atoms with Crippen LogP contribution in [0.4, 0.5) is 5.69 Å². The molecule has 2 unspecified atom stereocenters. The lowest BCUT2D eigenvalue weighted by Gasteiger charge is -2.17. The molecule has 4 aromatic carbocycles. The van der Waals surface area contributed by atoms with Crippen LogP contribution in [0.1, 0.15) is 45.1 Å². The molecule has 0 aliphatic rings. The minimum absolute atomic E-state index is 0.0557. The van der Waals surface area contributed by atoms with Gasteiger partial charge < -0.3 is 15.2 Å². The fourth-order valence-electron chi connectivity index (χ4n) is 4.22. The largest absolute Gasteiger partial charge is 0.489 e. The lowest BCUT2D eigenvalue weighted by atomic mass is 9.90. The van der Waals surface area contributed by atoms with Crippen molar-refractivity contribution in [2.75, 3.05) is 5.32 Å². The molecule has 0 aliphatic carbocycles. The van der Waals surface area contributed by atoms with Crippen molar-refractivity contribution in [3.63, 3.8) is 0 Å². The number of ether oxygens (including phenoxy) is 1. The summed E-state index contributed by atoms with van der Waals surface area (Å²) in [5.74, 6) is -1.34. The summed E-state index contributed by atoms with van der Waals surface area (Å²) in [6, 6.07) is 30.3. The molecular weight excluding hydrogens is 492 g/mol. The average Bonchev–Trinajstić information content (AvgIpc) is 2.96. The summed E-state index contributed by atoms with van der Waals surface area (Å²) in [6.45, 7) is 2.39. The molecule has 0 spiro atoms. The number of rotatable bonds is 12. The molecule has 1 amide bonds. The molecular formula is C32H30N2O5. The van der Waals surface area contributed by atoms with Crippen LogP contribution in [0.2, 0.25) is 0 Å². The molecule has 4 aromatic rings. The summed E-state index contributed by atoms with van der Waals surface area (Å²) >= 11 is 0. The van der Waals surface area contributed by atoms with E-state index < -0.39 is 17.9 Å². The third-order valence-corrected chi connectivity index (χ3v) is 6.51. The maximum Gasteiger partial charge on any atom is 0.306 e. The number of aryl methyl sites for hydroxylation is 1. The Morgan fingerprint density at radius 2 is 1.51 bits per heavy atom. The Labute approximate surface area is 227 Å². The zero-order chi connectivity index (χ0) is 27.6. The number of hydrogen-bond donors (Lipinski definition) is 2. The van der Waals surface area contributed by atoms with Gasteiger partial charge in [-0.2, -0.15) is 4.91 Å². The number of aliphatic carboxylic acids is 1. The van der Waals surface area contributed by atoms with Crippen LogP contribution in [0.25, 0.3) is 0 Å². The number of carboxylic acid groups (broad SMARTS) is 1. The van der Waals surface area contributed by atoms with Crippen LogP contribution in [-0.2, 0) is 17.8 Å². The second-order valence-corrected chi connectivity index (χ2v) is 9.46. The number of hydrogen-bond acceptors (Lipinski definition) is 5. The zero-order valence-corrected chi connectivity index (χ0v) is 21.6. The second-order valence-electron chi connectivity index (χ2n) is 9.46. The minimum Gasteiger partial charge on any atom is -0.489 e. The average molecular weight is 523 g/mol. The van der Waals surface area contributed by atoms with Gasteiger partial charge in [0.15, 0.2) is 0 Å². The molecule has 0 fully saturated rings. The molecule has 0 bridgehead atoms. The summed E-state index contributed by atoms with van der Waals surface area (Å²) in [6.07, 6.45) is 0.311. The van der Waals surface area contributed by atoms with E-state index in [0.717, 1.165) is 16.7 Å². The molecule has 0 aromatic heterocycles. The van der Waals surface area contributed by atoms with Gasteiger partial charge in [-0.3, -0.25) is 9.59 Å². The van der Waals surface area contributed by atoms with Crippen molar-refractivity contribution in [2.24, 2.45) is 11.1 Å². The fraction of sp³-hybridized carbons (Fsp3) is 0.188. The highest BCUT2D eigenvalue weighted by molar-refractivity contribution is 6.04. The van der Waals surface area contributed by atoms with Crippen LogP contribution in [-0.4, -0.2) is 17.0 Å². The molecule has 0 saturated heterocycles. The van der Waals surface area contributed by atoms with Gasteiger partial charge in [0.05, 0.1) is 5.92 Å². The first-order valence-electron chi connectivity index (χ1n) is 12.7. The second kappa shape index (κ2) is 13.1. The van der Waals surface area contributed by atoms with Crippen LogP contribution in [0.3, 0.4) is 0 Å². The smallest absolute Gasteiger partial charge is 0.306 e. The third kappa shape index (κ3) is 7.85. The van der Waals surface area contributed by atoms with Crippen LogP contribution in [0.15, 0.2) is 108 Å². The van der Waals surface area contributed by atoms with Gasteiger partial charge in [0.25, 0.3) is 5.91 Å². The number of nitrogens with one attached hydrogen (secondary N) is 1. The quantitative estimate of drug-likeness (QED) is 0.196. The van der Waals surface area contributed by atoms with E-state index in [-0.39, 0.29) is 18.7 Å². The number of nitrogens with zero attached hydrogens (tertiary/aromatic N) is 1. The van der Waals surface area contributed by atoms with Crippen LogP contribution < -0.4 is 10.1 Å². The molecule has 7 heteroatoms. The molecule has 2 N–H and O–H groups in total. The van der Waals surface area contributed by atoms with Crippen molar-refractivity contribution in [1.82, 2.24) is 0 Å². The predicted molar refractivity (Wildman–Crippen MR) is 151 cm³/mol. The summed E-state index contributed by atoms with van der Waals surface area (Å²) in [7, 11) is 0. The van der Waals surface area contributed by atoms with E-state index in [1.54, 1.807) is 36.4 Å². The first-order valence-corrected chi connectivity index (χ1v) is 12.7. The van der Waals surface area contributed by atoms with Crippen molar-refractivity contribution < 1.29 is 19.4 Å². The monoisotopic (exact) mass is 522 g/mol. The molecule has 2 atom stereocenters. The topological polar surface area (TPSA) is 105 Å². The zero-order valence-electron chi connectivity index (χ0n) is 21.6. The standard InChI is InChI=1S/C32H30N2O5/c1-22-7-11-26(12-8-22)31(35)33-28-15-13-25(14-16-28)30(34-38)20-27(32(36)37)19-23-9-17-29(18-10-23)39-21-24-5-3-2-4-6-24/h2-18,27,30H,19-21H2,1H3,(H,33,35)(H,36,37). The maximum absolute atomic E-state index is 12.5. The Kier molecular flexibility index (Phi) is 9.19. The number of carbonyl (C=O) groups excluding carboxylic acids is 1. The van der Waals surface area contributed by atoms with Crippen molar-refractivity contribution in [3.8, 4) is 5.75 Å². The maximum atomic E-state index is 12.5. The fourth-order valence-corrected chi connectivity index (χ4v) is 4.22. The summed E-state index contributed by atoms with van der Waals surface area (Å²) in [4.78, 5) is 36.2. The first-order chi connectivity index (χ1) is 18.9. The van der Waals surface area contributed by atoms with Crippen LogP contribution in [0.5, 0.6) is 5.75 Å². The Morgan fingerprint density at radius 3 is 2.13 bits per heavy atom. The van der Waals surface area contributed by atoms with Crippen LogP contribution in [0, 0.1) is 17.7 Å². The van der Waals surface area contributed by atoms with E-state index >= 15 is 0 Å². The number of benzene rings is 4. The normalized spacial score (nSPS) is 12.2. The van der Waals surface area contributed by atoms with Crippen molar-refractivity contribution in [1.29, 1.82) is 0 Å². The van der Waals surface area contributed by atoms with Gasteiger partial charge >= 0.3 is 5.97 Å². The highest BCUT2D eigenvalue weighted by atomic mass is 16.5. The number of carboxylic acids is 1. The highest BCUT2D eigenvalue weighted by Gasteiger charge is 2.25. The van der Waals surface area contributed by atoms with Gasteiger partial charge in [-0.05, 0) is 72.9 Å². The number of nitroso groups, excluding NO2 is 1. The van der Waals surface area contributed by atoms with E-state index in [4.69, 9.17) is 4.74 Å². The lowest BCUT2D eigenvalue weighted by Crippen LogP contribution is -2.19. The van der Waals surface area contributed by atoms with E-state index in [0.29, 0.717) is 29.2 Å². The van der Waals surface area contributed by atoms with Crippen molar-refractivity contribution in [2.45, 2.75) is 32.4 Å². The summed E-state index contributed by atoms with van der Waals surface area (Å²) in [5, 5.41) is 15.9. The summed E-state index contributed by atoms with van der Waals surface area (Å²) < 4.78 is 5.80. The van der Waals surface area contributed by atoms with Crippen molar-refractivity contribution in [3.05, 3.63) is 136 Å². The van der Waals surface area contributed by atoms with Crippen molar-refractivity contribution >= 4 is 17.6 Å². The van der Waals surface area contributed by atoms with E-state index in [9.17, 15) is 19.6 Å². The van der Waals surface area contributed by atoms with E-state index in [1.807, 2.05) is 73.7 Å².